The lowest BCUT2D eigenvalue weighted by molar-refractivity contribution is 0.0619. The maximum atomic E-state index is 13.0. The minimum absolute atomic E-state index is 0. The second-order valence-electron chi connectivity index (χ2n) is 5.55. The Kier molecular flexibility index (Phi) is 6.50. The number of amides is 1. The summed E-state index contributed by atoms with van der Waals surface area (Å²) in [5.74, 6) is 0.0730. The summed E-state index contributed by atoms with van der Waals surface area (Å²) in [7, 11) is 0. The van der Waals surface area contributed by atoms with E-state index in [0.29, 0.717) is 6.54 Å². The van der Waals surface area contributed by atoms with E-state index in [4.69, 9.17) is 0 Å². The van der Waals surface area contributed by atoms with Gasteiger partial charge in [-0.2, -0.15) is 4.37 Å². The van der Waals surface area contributed by atoms with Gasteiger partial charge in [0.25, 0.3) is 5.91 Å². The van der Waals surface area contributed by atoms with E-state index in [1.54, 1.807) is 6.20 Å². The molecule has 7 heteroatoms. The Morgan fingerprint density at radius 3 is 2.78 bits per heavy atom. The normalized spacial score (nSPS) is 15.0. The average Bonchev–Trinajstić information content (AvgIpc) is 3.00. The number of pyridine rings is 1. The van der Waals surface area contributed by atoms with Crippen LogP contribution in [0.1, 0.15) is 34.6 Å². The molecule has 23 heavy (non-hydrogen) atoms. The highest BCUT2D eigenvalue weighted by molar-refractivity contribution is 7.03. The largest absolute Gasteiger partial charge is 0.330 e. The van der Waals surface area contributed by atoms with Crippen molar-refractivity contribution in [1.29, 1.82) is 0 Å². The zero-order chi connectivity index (χ0) is 15.4. The molecule has 0 radical (unpaired) electrons. The maximum Gasteiger partial charge on any atom is 0.257 e. The highest BCUT2D eigenvalue weighted by Crippen LogP contribution is 2.20. The van der Waals surface area contributed by atoms with Crippen molar-refractivity contribution in [1.82, 2.24) is 19.6 Å². The summed E-state index contributed by atoms with van der Waals surface area (Å²) in [5, 5.41) is 5.21. The van der Waals surface area contributed by atoms with E-state index in [9.17, 15) is 4.79 Å². The molecule has 3 rings (SSSR count). The molecule has 0 bridgehead atoms. The first-order chi connectivity index (χ1) is 10.8. The van der Waals surface area contributed by atoms with Gasteiger partial charge in [0, 0.05) is 17.6 Å². The number of nitrogens with zero attached hydrogens (tertiary/aromatic N) is 3. The molecule has 1 saturated heterocycles. The summed E-state index contributed by atoms with van der Waals surface area (Å²) in [5.41, 5.74) is 2.46. The fraction of sp³-hybridized carbons (Fsp3) is 0.438. The first-order valence-corrected chi connectivity index (χ1v) is 8.42. The fourth-order valence-corrected chi connectivity index (χ4v) is 3.49. The minimum atomic E-state index is 0. The Bertz CT molecular complexity index is 628. The first kappa shape index (κ1) is 17.8. The molecular formula is C16H21ClN4OS. The van der Waals surface area contributed by atoms with Crippen LogP contribution in [0, 0.1) is 6.92 Å². The Morgan fingerprint density at radius 1 is 1.39 bits per heavy atom. The third kappa shape index (κ3) is 4.28. The first-order valence-electron chi connectivity index (χ1n) is 7.58. The van der Waals surface area contributed by atoms with Crippen LogP contribution in [-0.4, -0.2) is 39.3 Å². The zero-order valence-electron chi connectivity index (χ0n) is 13.1. The number of hydrogen-bond acceptors (Lipinski definition) is 5. The lowest BCUT2D eigenvalue weighted by Crippen LogP contribution is -2.46. The average molecular weight is 353 g/mol. The highest BCUT2D eigenvalue weighted by Gasteiger charge is 2.28. The van der Waals surface area contributed by atoms with Crippen LogP contribution in [0.15, 0.2) is 29.8 Å². The van der Waals surface area contributed by atoms with Gasteiger partial charge in [-0.25, -0.2) is 0 Å². The molecular weight excluding hydrogens is 332 g/mol. The standard InChI is InChI=1S/C16H20N4OS.ClH/c1-12-15(11-22-19-12)16(21)20(14-5-8-17-9-6-14)10-13-4-2-3-7-18-13;/h2-4,7,11,14,17H,5-6,8-10H2,1H3;1H. The third-order valence-corrected chi connectivity index (χ3v) is 4.77. The summed E-state index contributed by atoms with van der Waals surface area (Å²) < 4.78 is 4.24. The third-order valence-electron chi connectivity index (χ3n) is 4.05. The Balaban J connectivity index is 0.00000192. The van der Waals surface area contributed by atoms with E-state index < -0.39 is 0 Å². The van der Waals surface area contributed by atoms with Gasteiger partial charge in [-0.15, -0.1) is 12.4 Å². The zero-order valence-corrected chi connectivity index (χ0v) is 14.7. The molecule has 2 aromatic heterocycles. The summed E-state index contributed by atoms with van der Waals surface area (Å²) in [4.78, 5) is 19.3. The summed E-state index contributed by atoms with van der Waals surface area (Å²) >= 11 is 1.34. The minimum Gasteiger partial charge on any atom is -0.330 e. The van der Waals surface area contributed by atoms with E-state index in [-0.39, 0.29) is 24.4 Å². The number of carbonyl (C=O) groups is 1. The quantitative estimate of drug-likeness (QED) is 0.919. The van der Waals surface area contributed by atoms with Crippen LogP contribution in [-0.2, 0) is 6.54 Å². The number of halogens is 1. The molecule has 2 aromatic rings. The van der Waals surface area contributed by atoms with Gasteiger partial charge in [0.1, 0.15) is 0 Å². The molecule has 1 aliphatic heterocycles. The van der Waals surface area contributed by atoms with Gasteiger partial charge < -0.3 is 10.2 Å². The van der Waals surface area contributed by atoms with Crippen LogP contribution in [0.3, 0.4) is 0 Å². The van der Waals surface area contributed by atoms with Gasteiger partial charge in [0.2, 0.25) is 0 Å². The summed E-state index contributed by atoms with van der Waals surface area (Å²) in [6.07, 6.45) is 3.74. The van der Waals surface area contributed by atoms with Crippen LogP contribution in [0.5, 0.6) is 0 Å². The van der Waals surface area contributed by atoms with Crippen LogP contribution in [0.4, 0.5) is 0 Å². The van der Waals surface area contributed by atoms with Crippen molar-refractivity contribution >= 4 is 29.8 Å². The highest BCUT2D eigenvalue weighted by atomic mass is 35.5. The predicted octanol–water partition coefficient (Wildman–Crippen LogP) is 2.66. The molecule has 0 aromatic carbocycles. The molecule has 1 aliphatic rings. The van der Waals surface area contributed by atoms with Crippen LogP contribution in [0.25, 0.3) is 0 Å². The van der Waals surface area contributed by atoms with Crippen molar-refractivity contribution in [3.63, 3.8) is 0 Å². The van der Waals surface area contributed by atoms with Crippen LogP contribution >= 0.6 is 23.9 Å². The number of hydrogen-bond donors (Lipinski definition) is 1. The van der Waals surface area contributed by atoms with Crippen molar-refractivity contribution in [3.8, 4) is 0 Å². The van der Waals surface area contributed by atoms with Crippen LogP contribution < -0.4 is 5.32 Å². The molecule has 1 amide bonds. The Hall–Kier alpha value is -1.50. The maximum absolute atomic E-state index is 13.0. The SMILES string of the molecule is Cc1nscc1C(=O)N(Cc1ccccn1)C1CCNCC1.Cl. The van der Waals surface area contributed by atoms with E-state index >= 15 is 0 Å². The van der Waals surface area contributed by atoms with Gasteiger partial charge in [0.05, 0.1) is 23.5 Å². The van der Waals surface area contributed by atoms with Crippen molar-refractivity contribution in [2.24, 2.45) is 0 Å². The van der Waals surface area contributed by atoms with Crippen molar-refractivity contribution in [2.45, 2.75) is 32.4 Å². The number of aryl methyl sites for hydroxylation is 1. The molecule has 1 fully saturated rings. The Labute approximate surface area is 146 Å². The topological polar surface area (TPSA) is 58.1 Å². The fourth-order valence-electron chi connectivity index (χ4n) is 2.80. The molecule has 5 nitrogen and oxygen atoms in total. The lowest BCUT2D eigenvalue weighted by Gasteiger charge is -2.34. The molecule has 1 N–H and O–H groups in total. The smallest absolute Gasteiger partial charge is 0.257 e. The second-order valence-corrected chi connectivity index (χ2v) is 6.18. The van der Waals surface area contributed by atoms with E-state index in [1.165, 1.54) is 11.5 Å². The molecule has 0 spiro atoms. The van der Waals surface area contributed by atoms with Gasteiger partial charge in [-0.05, 0) is 56.5 Å². The molecule has 0 atom stereocenters. The van der Waals surface area contributed by atoms with Crippen molar-refractivity contribution in [2.75, 3.05) is 13.1 Å². The predicted molar refractivity (Wildman–Crippen MR) is 94.1 cm³/mol. The summed E-state index contributed by atoms with van der Waals surface area (Å²) in [6, 6.07) is 6.09. The molecule has 0 unspecified atom stereocenters. The number of aromatic nitrogens is 2. The number of carbonyl (C=O) groups excluding carboxylic acids is 1. The van der Waals surface area contributed by atoms with Gasteiger partial charge in [-0.3, -0.25) is 9.78 Å². The molecule has 0 saturated carbocycles. The van der Waals surface area contributed by atoms with E-state index in [1.807, 2.05) is 35.4 Å². The molecule has 3 heterocycles. The van der Waals surface area contributed by atoms with E-state index in [0.717, 1.165) is 42.9 Å². The lowest BCUT2D eigenvalue weighted by atomic mass is 10.0. The van der Waals surface area contributed by atoms with Crippen LogP contribution in [0.2, 0.25) is 0 Å². The molecule has 0 aliphatic carbocycles. The van der Waals surface area contributed by atoms with Gasteiger partial charge in [0.15, 0.2) is 0 Å². The van der Waals surface area contributed by atoms with Crippen molar-refractivity contribution < 1.29 is 4.79 Å². The monoisotopic (exact) mass is 352 g/mol. The molecule has 124 valence electrons. The van der Waals surface area contributed by atoms with E-state index in [2.05, 4.69) is 14.7 Å². The second kappa shape index (κ2) is 8.38. The Morgan fingerprint density at radius 2 is 2.17 bits per heavy atom. The summed E-state index contributed by atoms with van der Waals surface area (Å²) in [6.45, 7) is 4.36. The van der Waals surface area contributed by atoms with Crippen molar-refractivity contribution in [3.05, 3.63) is 46.7 Å². The number of rotatable bonds is 4. The van der Waals surface area contributed by atoms with Gasteiger partial charge in [-0.1, -0.05) is 6.07 Å². The number of piperidine rings is 1. The van der Waals surface area contributed by atoms with Gasteiger partial charge >= 0.3 is 0 Å². The number of nitrogens with one attached hydrogen (secondary N) is 1.